The number of aliphatic hydroxyl groups excluding tert-OH is 1. The topological polar surface area (TPSA) is 87.1 Å². The highest BCUT2D eigenvalue weighted by Crippen LogP contribution is 2.68. The number of likely N-dealkylation sites (tertiary alicyclic amines) is 1. The smallest absolute Gasteiger partial charge is 0.310 e. The van der Waals surface area contributed by atoms with Crippen LogP contribution < -0.4 is 0 Å². The molecule has 3 aliphatic heterocycles. The summed E-state index contributed by atoms with van der Waals surface area (Å²) in [6, 6.07) is -0.651. The fraction of sp³-hybridized carbons (Fsp3) is 0.741. The van der Waals surface area contributed by atoms with E-state index in [2.05, 4.69) is 20.1 Å². The molecule has 0 aromatic carbocycles. The quantitative estimate of drug-likeness (QED) is 0.248. The largest absolute Gasteiger partial charge is 0.465 e. The average Bonchev–Trinajstić information content (AvgIpc) is 3.38. The Labute approximate surface area is 214 Å². The molecule has 2 bridgehead atoms. The fourth-order valence-corrected chi connectivity index (χ4v) is 8.57. The maximum Gasteiger partial charge on any atom is 0.310 e. The lowest BCUT2D eigenvalue weighted by Crippen LogP contribution is -2.60. The molecule has 3 saturated heterocycles. The molecule has 196 valence electrons. The molecule has 3 aliphatic rings. The van der Waals surface area contributed by atoms with Crippen LogP contribution in [0.15, 0.2) is 25.3 Å². The molecule has 2 amide bonds. The van der Waals surface area contributed by atoms with Crippen molar-refractivity contribution in [3.63, 3.8) is 0 Å². The molecule has 3 heterocycles. The predicted octanol–water partition coefficient (Wildman–Crippen LogP) is 3.42. The molecule has 1 N–H and O–H groups in total. The van der Waals surface area contributed by atoms with Crippen molar-refractivity contribution in [3.8, 4) is 0 Å². The molecule has 0 aromatic heterocycles. The monoisotopic (exact) mass is 506 g/mol. The molecule has 3 unspecified atom stereocenters. The van der Waals surface area contributed by atoms with Gasteiger partial charge in [0.15, 0.2) is 0 Å². The summed E-state index contributed by atoms with van der Waals surface area (Å²) in [5.74, 6) is -1.52. The molecule has 0 aliphatic carbocycles. The van der Waals surface area contributed by atoms with Crippen LogP contribution in [-0.2, 0) is 19.1 Å². The minimum Gasteiger partial charge on any atom is -0.465 e. The lowest BCUT2D eigenvalue weighted by atomic mass is 9.66. The molecule has 0 aromatic rings. The molecule has 3 rings (SSSR count). The lowest BCUT2D eigenvalue weighted by Gasteiger charge is -2.44. The first-order chi connectivity index (χ1) is 16.6. The number of carbonyl (C=O) groups is 3. The van der Waals surface area contributed by atoms with Crippen molar-refractivity contribution < 1.29 is 24.2 Å². The van der Waals surface area contributed by atoms with Gasteiger partial charge in [-0.15, -0.1) is 24.9 Å². The van der Waals surface area contributed by atoms with Crippen LogP contribution in [0.5, 0.6) is 0 Å². The highest BCUT2D eigenvalue weighted by molar-refractivity contribution is 8.02. The van der Waals surface area contributed by atoms with Gasteiger partial charge in [-0.2, -0.15) is 0 Å². The van der Waals surface area contributed by atoms with Crippen molar-refractivity contribution in [2.75, 3.05) is 26.3 Å². The van der Waals surface area contributed by atoms with Crippen LogP contribution in [0.25, 0.3) is 0 Å². The predicted molar refractivity (Wildman–Crippen MR) is 139 cm³/mol. The molecule has 6 atom stereocenters. The summed E-state index contributed by atoms with van der Waals surface area (Å²) in [6.45, 7) is 16.7. The van der Waals surface area contributed by atoms with Gasteiger partial charge in [-0.25, -0.2) is 0 Å². The Morgan fingerprint density at radius 3 is 2.57 bits per heavy atom. The molecule has 8 heteroatoms. The minimum absolute atomic E-state index is 0.0248. The van der Waals surface area contributed by atoms with Crippen LogP contribution in [0.3, 0.4) is 0 Å². The molecule has 3 fully saturated rings. The van der Waals surface area contributed by atoms with E-state index in [1.54, 1.807) is 33.7 Å². The normalized spacial score (nSPS) is 31.4. The second-order valence-corrected chi connectivity index (χ2v) is 12.6. The summed E-state index contributed by atoms with van der Waals surface area (Å²) in [7, 11) is 0. The summed E-state index contributed by atoms with van der Waals surface area (Å²) >= 11 is 1.66. The molecule has 0 saturated carbocycles. The highest BCUT2D eigenvalue weighted by Gasteiger charge is 2.76. The Balaban J connectivity index is 1.99. The summed E-state index contributed by atoms with van der Waals surface area (Å²) in [5, 5.41) is 9.30. The number of unbranched alkanes of at least 4 members (excludes halogenated alkanes) is 2. The summed E-state index contributed by atoms with van der Waals surface area (Å²) in [5.41, 5.74) is -0.451. The number of ether oxygens (including phenoxy) is 1. The van der Waals surface area contributed by atoms with Gasteiger partial charge in [0.25, 0.3) is 0 Å². The van der Waals surface area contributed by atoms with E-state index in [1.165, 1.54) is 0 Å². The standard InChI is InChI=1S/C27H42N2O5S/c1-7-9-12-16-34-25(33)20-19-17-18(3)27(35-19)21(20)23(31)28(14-10-11-15-30)22(27)24(32)29(13-8-2)26(4,5)6/h7-8,18-22,30H,1-2,9-17H2,3-6H3/t18?,19-,20+,21+,22?,27?/m1/s1. The van der Waals surface area contributed by atoms with Gasteiger partial charge >= 0.3 is 5.97 Å². The Kier molecular flexibility index (Phi) is 8.79. The molecule has 0 radical (unpaired) electrons. The first kappa shape index (κ1) is 27.8. The number of carbonyl (C=O) groups excluding carboxylic acids is 3. The van der Waals surface area contributed by atoms with Crippen LogP contribution in [0.1, 0.15) is 59.8 Å². The van der Waals surface area contributed by atoms with Crippen LogP contribution in [0, 0.1) is 17.8 Å². The highest BCUT2D eigenvalue weighted by atomic mass is 32.2. The Bertz CT molecular complexity index is 840. The van der Waals surface area contributed by atoms with E-state index in [9.17, 15) is 19.5 Å². The van der Waals surface area contributed by atoms with Gasteiger partial charge in [0.1, 0.15) is 6.04 Å². The summed E-state index contributed by atoms with van der Waals surface area (Å²) in [6.07, 6.45) is 6.92. The number of amides is 2. The van der Waals surface area contributed by atoms with E-state index >= 15 is 0 Å². The SMILES string of the molecule is C=CCCCOC(=O)[C@@H]1[C@H]2C(=O)N(CCCCO)C(C(=O)N(CC=C)C(C)(C)C)C23S[C@@H]1CC3C. The third-order valence-electron chi connectivity index (χ3n) is 7.74. The van der Waals surface area contributed by atoms with Crippen LogP contribution in [0.2, 0.25) is 0 Å². The lowest BCUT2D eigenvalue weighted by molar-refractivity contribution is -0.154. The van der Waals surface area contributed by atoms with Crippen molar-refractivity contribution in [2.45, 2.75) is 81.4 Å². The zero-order valence-electron chi connectivity index (χ0n) is 21.7. The van der Waals surface area contributed by atoms with Crippen molar-refractivity contribution >= 4 is 29.5 Å². The number of rotatable bonds is 12. The van der Waals surface area contributed by atoms with Crippen molar-refractivity contribution in [1.82, 2.24) is 9.80 Å². The van der Waals surface area contributed by atoms with Gasteiger partial charge in [0, 0.05) is 30.5 Å². The van der Waals surface area contributed by atoms with Crippen molar-refractivity contribution in [3.05, 3.63) is 25.3 Å². The number of thioether (sulfide) groups is 1. The second-order valence-electron chi connectivity index (χ2n) is 11.0. The van der Waals surface area contributed by atoms with Gasteiger partial charge in [-0.05, 0) is 58.8 Å². The first-order valence-electron chi connectivity index (χ1n) is 12.8. The van der Waals surface area contributed by atoms with Crippen molar-refractivity contribution in [2.24, 2.45) is 17.8 Å². The van der Waals surface area contributed by atoms with E-state index in [4.69, 9.17) is 4.74 Å². The van der Waals surface area contributed by atoms with Gasteiger partial charge in [-0.3, -0.25) is 14.4 Å². The van der Waals surface area contributed by atoms with E-state index in [0.29, 0.717) is 39.0 Å². The van der Waals surface area contributed by atoms with Gasteiger partial charge in [0.2, 0.25) is 11.8 Å². The maximum absolute atomic E-state index is 14.3. The van der Waals surface area contributed by atoms with E-state index in [-0.39, 0.29) is 35.6 Å². The van der Waals surface area contributed by atoms with Crippen LogP contribution >= 0.6 is 11.8 Å². The van der Waals surface area contributed by atoms with Crippen molar-refractivity contribution in [1.29, 1.82) is 0 Å². The number of esters is 1. The number of nitrogens with zero attached hydrogens (tertiary/aromatic N) is 2. The minimum atomic E-state index is -0.659. The van der Waals surface area contributed by atoms with E-state index < -0.39 is 28.2 Å². The third-order valence-corrected chi connectivity index (χ3v) is 9.82. The number of fused-ring (bicyclic) bond motifs is 1. The molecular weight excluding hydrogens is 464 g/mol. The number of hydrogen-bond acceptors (Lipinski definition) is 6. The second kappa shape index (κ2) is 11.1. The molecule has 7 nitrogen and oxygen atoms in total. The average molecular weight is 507 g/mol. The van der Waals surface area contributed by atoms with Gasteiger partial charge < -0.3 is 19.6 Å². The summed E-state index contributed by atoms with van der Waals surface area (Å²) in [4.78, 5) is 45.0. The Hall–Kier alpha value is -1.80. The Morgan fingerprint density at radius 1 is 1.26 bits per heavy atom. The van der Waals surface area contributed by atoms with E-state index in [0.717, 1.165) is 12.8 Å². The zero-order valence-corrected chi connectivity index (χ0v) is 22.5. The fourth-order valence-electron chi connectivity index (χ4n) is 6.17. The van der Waals surface area contributed by atoms with Gasteiger partial charge in [-0.1, -0.05) is 19.1 Å². The zero-order chi connectivity index (χ0) is 26.0. The third kappa shape index (κ3) is 4.93. The number of allylic oxidation sites excluding steroid dienone is 1. The number of aliphatic hydroxyl groups is 1. The van der Waals surface area contributed by atoms with Crippen LogP contribution in [-0.4, -0.2) is 80.6 Å². The number of hydrogen-bond donors (Lipinski definition) is 1. The molecular formula is C27H42N2O5S. The van der Waals surface area contributed by atoms with Gasteiger partial charge in [0.05, 0.1) is 23.2 Å². The Morgan fingerprint density at radius 2 is 1.97 bits per heavy atom. The maximum atomic E-state index is 14.3. The van der Waals surface area contributed by atoms with E-state index in [1.807, 2.05) is 20.8 Å². The molecule has 35 heavy (non-hydrogen) atoms. The first-order valence-corrected chi connectivity index (χ1v) is 13.7. The molecule has 1 spiro atoms. The summed E-state index contributed by atoms with van der Waals surface area (Å²) < 4.78 is 4.97. The van der Waals surface area contributed by atoms with Crippen LogP contribution in [0.4, 0.5) is 0 Å².